The number of aromatic nitrogens is 2. The molecule has 2 aliphatic rings. The summed E-state index contributed by atoms with van der Waals surface area (Å²) < 4.78 is 7.82. The van der Waals surface area contributed by atoms with E-state index in [1.807, 2.05) is 11.7 Å². The third-order valence-corrected chi connectivity index (χ3v) is 4.57. The molecule has 0 bridgehead atoms. The van der Waals surface area contributed by atoms with Gasteiger partial charge < -0.3 is 10.1 Å². The first-order valence-electron chi connectivity index (χ1n) is 7.70. The maximum Gasteiger partial charge on any atom is 0.0826 e. The number of nitrogens with zero attached hydrogens (tertiary/aromatic N) is 3. The molecule has 0 amide bonds. The molecule has 1 atom stereocenters. The Balaban J connectivity index is 1.47. The summed E-state index contributed by atoms with van der Waals surface area (Å²) in [4.78, 5) is 2.59. The highest BCUT2D eigenvalue weighted by Gasteiger charge is 2.32. The molecule has 1 aliphatic carbocycles. The molecule has 1 aromatic rings. The first kappa shape index (κ1) is 14.0. The van der Waals surface area contributed by atoms with E-state index < -0.39 is 0 Å². The number of rotatable bonds is 5. The number of aryl methyl sites for hydroxylation is 2. The van der Waals surface area contributed by atoms with Gasteiger partial charge in [-0.25, -0.2) is 0 Å². The third-order valence-electron chi connectivity index (χ3n) is 4.57. The second-order valence-electron chi connectivity index (χ2n) is 6.12. The molecule has 2 fully saturated rings. The van der Waals surface area contributed by atoms with Crippen molar-refractivity contribution in [3.63, 3.8) is 0 Å². The maximum absolute atomic E-state index is 5.86. The minimum atomic E-state index is 0.335. The summed E-state index contributed by atoms with van der Waals surface area (Å²) in [5.74, 6) is 0. The summed E-state index contributed by atoms with van der Waals surface area (Å²) in [5.41, 5.74) is 3.70. The summed E-state index contributed by atoms with van der Waals surface area (Å²) in [6.45, 7) is 9.10. The molecule has 0 aromatic carbocycles. The summed E-state index contributed by atoms with van der Waals surface area (Å²) >= 11 is 0. The number of hydrogen-bond donors (Lipinski definition) is 1. The number of morpholine rings is 1. The van der Waals surface area contributed by atoms with Crippen LogP contribution in [0.3, 0.4) is 0 Å². The molecule has 5 nitrogen and oxygen atoms in total. The lowest BCUT2D eigenvalue weighted by Crippen LogP contribution is -2.47. The normalized spacial score (nSPS) is 24.2. The Morgan fingerprint density at radius 2 is 2.15 bits per heavy atom. The third kappa shape index (κ3) is 3.05. The fourth-order valence-electron chi connectivity index (χ4n) is 3.07. The molecule has 1 aliphatic heterocycles. The summed E-state index contributed by atoms with van der Waals surface area (Å²) in [7, 11) is 2.00. The van der Waals surface area contributed by atoms with Gasteiger partial charge in [0, 0.05) is 50.5 Å². The molecule has 1 N–H and O–H groups in total. The van der Waals surface area contributed by atoms with Gasteiger partial charge in [0.15, 0.2) is 0 Å². The maximum atomic E-state index is 5.86. The van der Waals surface area contributed by atoms with Gasteiger partial charge in [0.25, 0.3) is 0 Å². The van der Waals surface area contributed by atoms with Crippen LogP contribution in [0.1, 0.15) is 29.8 Å². The predicted molar refractivity (Wildman–Crippen MR) is 78.7 cm³/mol. The van der Waals surface area contributed by atoms with Crippen LogP contribution in [-0.2, 0) is 18.3 Å². The molecule has 0 spiro atoms. The summed E-state index contributed by atoms with van der Waals surface area (Å²) in [6.07, 6.45) is 3.10. The minimum absolute atomic E-state index is 0.335. The molecule has 112 valence electrons. The van der Waals surface area contributed by atoms with Crippen LogP contribution in [0, 0.1) is 13.8 Å². The zero-order valence-electron chi connectivity index (χ0n) is 12.9. The molecular weight excluding hydrogens is 252 g/mol. The van der Waals surface area contributed by atoms with Crippen molar-refractivity contribution in [1.82, 2.24) is 20.0 Å². The molecule has 5 heteroatoms. The summed E-state index contributed by atoms with van der Waals surface area (Å²) in [5, 5.41) is 8.00. The lowest BCUT2D eigenvalue weighted by Gasteiger charge is -2.33. The van der Waals surface area contributed by atoms with Gasteiger partial charge in [0.2, 0.25) is 0 Å². The largest absolute Gasteiger partial charge is 0.374 e. The van der Waals surface area contributed by atoms with E-state index in [1.165, 1.54) is 24.1 Å². The second kappa shape index (κ2) is 5.84. The van der Waals surface area contributed by atoms with Crippen molar-refractivity contribution >= 4 is 0 Å². The average Bonchev–Trinajstić information content (AvgIpc) is 3.24. The zero-order chi connectivity index (χ0) is 14.1. The van der Waals surface area contributed by atoms with Gasteiger partial charge in [-0.3, -0.25) is 9.58 Å². The first-order chi connectivity index (χ1) is 9.65. The highest BCUT2D eigenvalue weighted by atomic mass is 16.5. The Morgan fingerprint density at radius 1 is 1.35 bits per heavy atom. The summed E-state index contributed by atoms with van der Waals surface area (Å²) in [6, 6.07) is 0.851. The van der Waals surface area contributed by atoms with Crippen LogP contribution >= 0.6 is 0 Å². The van der Waals surface area contributed by atoms with E-state index in [0.29, 0.717) is 6.10 Å². The molecule has 3 rings (SSSR count). The quantitative estimate of drug-likeness (QED) is 0.872. The van der Waals surface area contributed by atoms with Crippen molar-refractivity contribution in [3.05, 3.63) is 17.0 Å². The molecule has 2 heterocycles. The standard InChI is InChI=1S/C15H26N4O/c1-11-15(12(2)18(3)17-11)9-16-8-14-10-19(6-7-20-14)13-4-5-13/h13-14,16H,4-10H2,1-3H3. The van der Waals surface area contributed by atoms with E-state index in [4.69, 9.17) is 4.74 Å². The minimum Gasteiger partial charge on any atom is -0.374 e. The van der Waals surface area contributed by atoms with Crippen molar-refractivity contribution in [2.45, 2.75) is 45.4 Å². The van der Waals surface area contributed by atoms with Gasteiger partial charge in [-0.05, 0) is 26.7 Å². The number of hydrogen-bond acceptors (Lipinski definition) is 4. The average molecular weight is 278 g/mol. The van der Waals surface area contributed by atoms with E-state index in [1.54, 1.807) is 0 Å². The second-order valence-corrected chi connectivity index (χ2v) is 6.12. The monoisotopic (exact) mass is 278 g/mol. The van der Waals surface area contributed by atoms with Crippen LogP contribution in [0.15, 0.2) is 0 Å². The Bertz CT molecular complexity index is 467. The smallest absolute Gasteiger partial charge is 0.0826 e. The Hall–Kier alpha value is -0.910. The molecular formula is C15H26N4O. The van der Waals surface area contributed by atoms with Crippen LogP contribution in [0.2, 0.25) is 0 Å². The molecule has 0 radical (unpaired) electrons. The van der Waals surface area contributed by atoms with E-state index in [9.17, 15) is 0 Å². The molecule has 20 heavy (non-hydrogen) atoms. The van der Waals surface area contributed by atoms with Gasteiger partial charge in [-0.1, -0.05) is 0 Å². The van der Waals surface area contributed by atoms with Gasteiger partial charge in [-0.2, -0.15) is 5.10 Å². The van der Waals surface area contributed by atoms with E-state index in [-0.39, 0.29) is 0 Å². The fourth-order valence-corrected chi connectivity index (χ4v) is 3.07. The molecule has 1 unspecified atom stereocenters. The number of nitrogens with one attached hydrogen (secondary N) is 1. The van der Waals surface area contributed by atoms with Crippen molar-refractivity contribution in [2.75, 3.05) is 26.2 Å². The van der Waals surface area contributed by atoms with Crippen LogP contribution in [0.25, 0.3) is 0 Å². The predicted octanol–water partition coefficient (Wildman–Crippen LogP) is 0.990. The fraction of sp³-hybridized carbons (Fsp3) is 0.800. The number of ether oxygens (including phenoxy) is 1. The molecule has 1 saturated carbocycles. The SMILES string of the molecule is Cc1nn(C)c(C)c1CNCC1CN(C2CC2)CCO1. The van der Waals surface area contributed by atoms with Crippen molar-refractivity contribution in [2.24, 2.45) is 7.05 Å². The van der Waals surface area contributed by atoms with E-state index in [0.717, 1.165) is 44.5 Å². The Kier molecular flexibility index (Phi) is 4.10. The highest BCUT2D eigenvalue weighted by molar-refractivity contribution is 5.23. The van der Waals surface area contributed by atoms with Crippen LogP contribution in [0.4, 0.5) is 0 Å². The van der Waals surface area contributed by atoms with Gasteiger partial charge >= 0.3 is 0 Å². The van der Waals surface area contributed by atoms with Crippen LogP contribution in [-0.4, -0.2) is 53.1 Å². The van der Waals surface area contributed by atoms with Crippen LogP contribution in [0.5, 0.6) is 0 Å². The molecule has 1 aromatic heterocycles. The highest BCUT2D eigenvalue weighted by Crippen LogP contribution is 2.28. The van der Waals surface area contributed by atoms with E-state index in [2.05, 4.69) is 29.2 Å². The van der Waals surface area contributed by atoms with Gasteiger partial charge in [0.05, 0.1) is 18.4 Å². The van der Waals surface area contributed by atoms with Crippen molar-refractivity contribution < 1.29 is 4.74 Å². The van der Waals surface area contributed by atoms with E-state index >= 15 is 0 Å². The Labute approximate surface area is 121 Å². The van der Waals surface area contributed by atoms with Gasteiger partial charge in [0.1, 0.15) is 0 Å². The lowest BCUT2D eigenvalue weighted by atomic mass is 10.2. The zero-order valence-corrected chi connectivity index (χ0v) is 12.9. The topological polar surface area (TPSA) is 42.3 Å². The van der Waals surface area contributed by atoms with Crippen molar-refractivity contribution in [3.8, 4) is 0 Å². The first-order valence-corrected chi connectivity index (χ1v) is 7.70. The lowest BCUT2D eigenvalue weighted by molar-refractivity contribution is -0.0301. The Morgan fingerprint density at radius 3 is 2.80 bits per heavy atom. The van der Waals surface area contributed by atoms with Crippen LogP contribution < -0.4 is 5.32 Å². The van der Waals surface area contributed by atoms with Crippen molar-refractivity contribution in [1.29, 1.82) is 0 Å². The van der Waals surface area contributed by atoms with Gasteiger partial charge in [-0.15, -0.1) is 0 Å². The molecule has 1 saturated heterocycles.